The molecule has 7 nitrogen and oxygen atoms in total. The van der Waals surface area contributed by atoms with E-state index in [1.54, 1.807) is 30.8 Å². The molecule has 2 heterocycles. The summed E-state index contributed by atoms with van der Waals surface area (Å²) < 4.78 is 41.7. The summed E-state index contributed by atoms with van der Waals surface area (Å²) in [5, 5.41) is 18.6. The molecular formula is C23H24F3N7. The summed E-state index contributed by atoms with van der Waals surface area (Å²) in [5.74, 6) is 1.49. The standard InChI is InChI=1S/C23H24F3N7/c1-3-27-20(23(24,25)26)14-6-8-15(9-7-14)21-30-22(33(2)32-21)29-18-11-10-17-16(12-28-31-17)19(18)13-4-5-13/h6-13,20,27H,3-5H2,1-2H3,(H,28,31)(H,29,30,32). The van der Waals surface area contributed by atoms with Gasteiger partial charge in [-0.3, -0.25) is 5.10 Å². The second-order valence-electron chi connectivity index (χ2n) is 8.29. The molecule has 172 valence electrons. The molecule has 0 saturated heterocycles. The van der Waals surface area contributed by atoms with Crippen LogP contribution < -0.4 is 10.6 Å². The monoisotopic (exact) mass is 455 g/mol. The molecule has 0 amide bonds. The molecule has 1 atom stereocenters. The molecule has 3 N–H and O–H groups in total. The Bertz CT molecular complexity index is 1270. The van der Waals surface area contributed by atoms with Crippen molar-refractivity contribution in [3.05, 3.63) is 53.7 Å². The fourth-order valence-electron chi connectivity index (χ4n) is 4.15. The lowest BCUT2D eigenvalue weighted by atomic mass is 10.0. The van der Waals surface area contributed by atoms with Gasteiger partial charge in [0.15, 0.2) is 5.82 Å². The number of alkyl halides is 3. The van der Waals surface area contributed by atoms with Gasteiger partial charge >= 0.3 is 6.18 Å². The van der Waals surface area contributed by atoms with E-state index in [4.69, 9.17) is 0 Å². The van der Waals surface area contributed by atoms with E-state index in [2.05, 4.69) is 30.9 Å². The van der Waals surface area contributed by atoms with Gasteiger partial charge in [-0.1, -0.05) is 31.2 Å². The van der Waals surface area contributed by atoms with Gasteiger partial charge in [0.25, 0.3) is 0 Å². The Morgan fingerprint density at radius 2 is 1.91 bits per heavy atom. The van der Waals surface area contributed by atoms with Crippen molar-refractivity contribution in [1.29, 1.82) is 0 Å². The summed E-state index contributed by atoms with van der Waals surface area (Å²) in [7, 11) is 1.78. The van der Waals surface area contributed by atoms with Crippen LogP contribution in [-0.2, 0) is 7.05 Å². The molecular weight excluding hydrogens is 431 g/mol. The Balaban J connectivity index is 1.42. The van der Waals surface area contributed by atoms with E-state index in [0.717, 1.165) is 29.4 Å². The van der Waals surface area contributed by atoms with Crippen LogP contribution in [0.15, 0.2) is 42.6 Å². The smallest absolute Gasteiger partial charge is 0.324 e. The number of anilines is 2. The first kappa shape index (κ1) is 21.4. The number of nitrogens with zero attached hydrogens (tertiary/aromatic N) is 4. The highest BCUT2D eigenvalue weighted by atomic mass is 19.4. The number of fused-ring (bicyclic) bond motifs is 1. The number of rotatable bonds is 7. The van der Waals surface area contributed by atoms with Crippen molar-refractivity contribution < 1.29 is 13.2 Å². The van der Waals surface area contributed by atoms with Gasteiger partial charge < -0.3 is 10.6 Å². The van der Waals surface area contributed by atoms with Gasteiger partial charge in [0.2, 0.25) is 5.95 Å². The van der Waals surface area contributed by atoms with Gasteiger partial charge in [-0.15, -0.1) is 5.10 Å². The number of H-pyrrole nitrogens is 1. The van der Waals surface area contributed by atoms with Gasteiger partial charge in [-0.05, 0) is 48.6 Å². The number of nitrogens with one attached hydrogen (secondary N) is 3. The van der Waals surface area contributed by atoms with Crippen LogP contribution in [0.2, 0.25) is 0 Å². The van der Waals surface area contributed by atoms with Crippen molar-refractivity contribution in [1.82, 2.24) is 30.3 Å². The minimum atomic E-state index is -4.37. The first-order valence-electron chi connectivity index (χ1n) is 10.9. The van der Waals surface area contributed by atoms with E-state index in [0.29, 0.717) is 23.3 Å². The molecule has 33 heavy (non-hydrogen) atoms. The molecule has 0 spiro atoms. The molecule has 0 bridgehead atoms. The highest BCUT2D eigenvalue weighted by Gasteiger charge is 2.40. The van der Waals surface area contributed by atoms with Crippen molar-refractivity contribution in [3.63, 3.8) is 0 Å². The first-order valence-corrected chi connectivity index (χ1v) is 10.9. The molecule has 5 rings (SSSR count). The van der Waals surface area contributed by atoms with E-state index < -0.39 is 12.2 Å². The fraction of sp³-hybridized carbons (Fsp3) is 0.348. The molecule has 2 aromatic heterocycles. The van der Waals surface area contributed by atoms with Crippen LogP contribution in [-0.4, -0.2) is 37.7 Å². The molecule has 2 aromatic carbocycles. The Morgan fingerprint density at radius 1 is 1.15 bits per heavy atom. The number of hydrogen-bond donors (Lipinski definition) is 3. The van der Waals surface area contributed by atoms with E-state index in [9.17, 15) is 13.2 Å². The number of benzene rings is 2. The van der Waals surface area contributed by atoms with Crippen LogP contribution in [0.1, 0.15) is 42.9 Å². The van der Waals surface area contributed by atoms with Crippen molar-refractivity contribution in [2.24, 2.45) is 7.05 Å². The van der Waals surface area contributed by atoms with Crippen molar-refractivity contribution in [3.8, 4) is 11.4 Å². The second kappa shape index (κ2) is 8.18. The zero-order chi connectivity index (χ0) is 23.2. The highest BCUT2D eigenvalue weighted by Crippen LogP contribution is 2.47. The molecule has 0 aliphatic heterocycles. The summed E-state index contributed by atoms with van der Waals surface area (Å²) in [6.07, 6.45) is -0.241. The average molecular weight is 455 g/mol. The van der Waals surface area contributed by atoms with Crippen LogP contribution in [0.4, 0.5) is 24.8 Å². The molecule has 10 heteroatoms. The predicted octanol–water partition coefficient (Wildman–Crippen LogP) is 5.19. The molecule has 1 unspecified atom stereocenters. The van der Waals surface area contributed by atoms with E-state index >= 15 is 0 Å². The van der Waals surface area contributed by atoms with Crippen molar-refractivity contribution in [2.75, 3.05) is 11.9 Å². The summed E-state index contributed by atoms with van der Waals surface area (Å²) in [6, 6.07) is 8.47. The minimum absolute atomic E-state index is 0.157. The zero-order valence-electron chi connectivity index (χ0n) is 18.2. The summed E-state index contributed by atoms with van der Waals surface area (Å²) in [5.41, 5.74) is 3.98. The largest absolute Gasteiger partial charge is 0.407 e. The van der Waals surface area contributed by atoms with Gasteiger partial charge in [0.1, 0.15) is 6.04 Å². The fourth-order valence-corrected chi connectivity index (χ4v) is 4.15. The number of aromatic nitrogens is 5. The molecule has 1 aliphatic carbocycles. The van der Waals surface area contributed by atoms with Crippen LogP contribution in [0.5, 0.6) is 0 Å². The maximum Gasteiger partial charge on any atom is 0.407 e. The lowest BCUT2D eigenvalue weighted by molar-refractivity contribution is -0.157. The summed E-state index contributed by atoms with van der Waals surface area (Å²) >= 11 is 0. The third kappa shape index (κ3) is 4.18. The SMILES string of the molecule is CCNC(c1ccc(-c2nc(Nc3ccc4[nH]ncc4c3C3CC3)n(C)n2)cc1)C(F)(F)F. The lowest BCUT2D eigenvalue weighted by Crippen LogP contribution is -2.33. The quantitative estimate of drug-likeness (QED) is 0.357. The van der Waals surface area contributed by atoms with Gasteiger partial charge in [0.05, 0.1) is 11.7 Å². The zero-order valence-corrected chi connectivity index (χ0v) is 18.2. The molecule has 1 saturated carbocycles. The summed E-state index contributed by atoms with van der Waals surface area (Å²) in [6.45, 7) is 1.87. The summed E-state index contributed by atoms with van der Waals surface area (Å²) in [4.78, 5) is 4.60. The minimum Gasteiger partial charge on any atom is -0.324 e. The Kier molecular flexibility index (Phi) is 5.32. The van der Waals surface area contributed by atoms with Crippen molar-refractivity contribution >= 4 is 22.5 Å². The molecule has 1 fully saturated rings. The van der Waals surface area contributed by atoms with E-state index in [1.165, 1.54) is 17.7 Å². The van der Waals surface area contributed by atoms with Gasteiger partial charge in [-0.25, -0.2) is 4.68 Å². The van der Waals surface area contributed by atoms with E-state index in [1.807, 2.05) is 18.3 Å². The Labute approximate surface area is 188 Å². The van der Waals surface area contributed by atoms with Crippen LogP contribution in [0, 0.1) is 0 Å². The average Bonchev–Trinajstić information content (AvgIpc) is 3.39. The predicted molar refractivity (Wildman–Crippen MR) is 120 cm³/mol. The van der Waals surface area contributed by atoms with Crippen LogP contribution >= 0.6 is 0 Å². The van der Waals surface area contributed by atoms with Gasteiger partial charge in [0, 0.05) is 23.7 Å². The topological polar surface area (TPSA) is 83.5 Å². The molecule has 1 aliphatic rings. The lowest BCUT2D eigenvalue weighted by Gasteiger charge is -2.21. The number of halogens is 3. The second-order valence-corrected chi connectivity index (χ2v) is 8.29. The normalized spacial score (nSPS) is 15.2. The third-order valence-corrected chi connectivity index (χ3v) is 5.90. The van der Waals surface area contributed by atoms with E-state index in [-0.39, 0.29) is 12.1 Å². The maximum absolute atomic E-state index is 13.3. The number of hydrogen-bond acceptors (Lipinski definition) is 5. The molecule has 4 aromatic rings. The Hall–Kier alpha value is -3.40. The van der Waals surface area contributed by atoms with Gasteiger partial charge in [-0.2, -0.15) is 23.3 Å². The number of aromatic amines is 1. The van der Waals surface area contributed by atoms with Crippen molar-refractivity contribution in [2.45, 2.75) is 37.9 Å². The van der Waals surface area contributed by atoms with Crippen LogP contribution in [0.25, 0.3) is 22.3 Å². The first-order chi connectivity index (χ1) is 15.8. The third-order valence-electron chi connectivity index (χ3n) is 5.90. The highest BCUT2D eigenvalue weighted by molar-refractivity contribution is 5.89. The maximum atomic E-state index is 13.3. The van der Waals surface area contributed by atoms with Crippen LogP contribution in [0.3, 0.4) is 0 Å². The number of aryl methyl sites for hydroxylation is 1. The Morgan fingerprint density at radius 3 is 2.58 bits per heavy atom. The molecule has 0 radical (unpaired) electrons.